The van der Waals surface area contributed by atoms with Crippen LogP contribution in [0, 0.1) is 22.2 Å². The van der Waals surface area contributed by atoms with Gasteiger partial charge in [0.05, 0.1) is 11.3 Å². The molecule has 2 unspecified atom stereocenters. The van der Waals surface area contributed by atoms with Gasteiger partial charge in [-0.2, -0.15) is 13.2 Å². The van der Waals surface area contributed by atoms with Crippen molar-refractivity contribution in [1.29, 1.82) is 0 Å². The number of carbonyl (C=O) groups is 2. The highest BCUT2D eigenvalue weighted by molar-refractivity contribution is 5.79. The molecule has 1 aliphatic rings. The quantitative estimate of drug-likeness (QED) is 0.320. The van der Waals surface area contributed by atoms with Crippen molar-refractivity contribution < 1.29 is 32.2 Å². The van der Waals surface area contributed by atoms with E-state index in [4.69, 9.17) is 4.74 Å². The minimum absolute atomic E-state index is 0.100. The Bertz CT molecular complexity index is 648. The molecule has 0 aromatic rings. The molecule has 2 atom stereocenters. The SMILES string of the molecule is CCC(C)(C)CC(C)(C(=O)OC1(C(C)C(=O)OCC(F)(F)F)CCCCC1)C(C)(C)CC. The van der Waals surface area contributed by atoms with E-state index in [1.165, 1.54) is 6.92 Å². The van der Waals surface area contributed by atoms with Crippen LogP contribution in [0.4, 0.5) is 13.2 Å². The number of rotatable bonds is 10. The third kappa shape index (κ3) is 6.86. The van der Waals surface area contributed by atoms with Gasteiger partial charge in [-0.3, -0.25) is 9.59 Å². The lowest BCUT2D eigenvalue weighted by atomic mass is 9.58. The van der Waals surface area contributed by atoms with Gasteiger partial charge >= 0.3 is 18.1 Å². The zero-order chi connectivity index (χ0) is 25.0. The monoisotopic (exact) mass is 464 g/mol. The zero-order valence-corrected chi connectivity index (χ0v) is 21.2. The Morgan fingerprint density at radius 2 is 1.47 bits per heavy atom. The van der Waals surface area contributed by atoms with Crippen molar-refractivity contribution in [3.05, 3.63) is 0 Å². The summed E-state index contributed by atoms with van der Waals surface area (Å²) in [4.78, 5) is 26.4. The second-order valence-corrected chi connectivity index (χ2v) is 11.2. The third-order valence-corrected chi connectivity index (χ3v) is 8.13. The van der Waals surface area contributed by atoms with Gasteiger partial charge in [0, 0.05) is 0 Å². The molecule has 32 heavy (non-hydrogen) atoms. The van der Waals surface area contributed by atoms with Crippen LogP contribution >= 0.6 is 0 Å². The molecule has 188 valence electrons. The highest BCUT2D eigenvalue weighted by Crippen LogP contribution is 2.52. The predicted octanol–water partition coefficient (Wildman–Crippen LogP) is 7.24. The maximum atomic E-state index is 13.8. The van der Waals surface area contributed by atoms with Crippen LogP contribution < -0.4 is 0 Å². The Morgan fingerprint density at radius 1 is 0.938 bits per heavy atom. The molecule has 1 rings (SSSR count). The van der Waals surface area contributed by atoms with E-state index < -0.39 is 35.7 Å². The molecule has 7 heteroatoms. The molecule has 0 N–H and O–H groups in total. The van der Waals surface area contributed by atoms with E-state index in [1.807, 2.05) is 13.8 Å². The van der Waals surface area contributed by atoms with Crippen LogP contribution in [0.5, 0.6) is 0 Å². The molecule has 0 saturated heterocycles. The van der Waals surface area contributed by atoms with Crippen molar-refractivity contribution in [3.8, 4) is 0 Å². The first-order valence-corrected chi connectivity index (χ1v) is 11.9. The Hall–Kier alpha value is -1.27. The van der Waals surface area contributed by atoms with Crippen molar-refractivity contribution in [3.63, 3.8) is 0 Å². The largest absolute Gasteiger partial charge is 0.458 e. The van der Waals surface area contributed by atoms with E-state index in [0.29, 0.717) is 19.3 Å². The average molecular weight is 465 g/mol. The van der Waals surface area contributed by atoms with Crippen LogP contribution in [-0.2, 0) is 19.1 Å². The summed E-state index contributed by atoms with van der Waals surface area (Å²) in [7, 11) is 0. The van der Waals surface area contributed by atoms with E-state index in [1.54, 1.807) is 0 Å². The number of carbonyl (C=O) groups excluding carboxylic acids is 2. The van der Waals surface area contributed by atoms with Crippen molar-refractivity contribution >= 4 is 11.9 Å². The molecule has 0 bridgehead atoms. The van der Waals surface area contributed by atoms with Crippen molar-refractivity contribution in [2.24, 2.45) is 22.2 Å². The molecule has 1 saturated carbocycles. The molecule has 0 aliphatic heterocycles. The number of alkyl halides is 3. The Labute approximate surface area is 192 Å². The number of hydrogen-bond acceptors (Lipinski definition) is 4. The highest BCUT2D eigenvalue weighted by Gasteiger charge is 2.54. The number of hydrogen-bond donors (Lipinski definition) is 0. The van der Waals surface area contributed by atoms with Gasteiger partial charge in [-0.05, 0) is 63.2 Å². The number of ether oxygens (including phenoxy) is 2. The third-order valence-electron chi connectivity index (χ3n) is 8.13. The minimum atomic E-state index is -4.60. The molecular weight excluding hydrogens is 421 g/mol. The molecule has 0 spiro atoms. The van der Waals surface area contributed by atoms with Gasteiger partial charge in [0.15, 0.2) is 6.61 Å². The Morgan fingerprint density at radius 3 is 1.91 bits per heavy atom. The summed E-state index contributed by atoms with van der Waals surface area (Å²) in [6.07, 6.45) is 0.985. The first kappa shape index (κ1) is 28.8. The molecule has 0 aromatic heterocycles. The summed E-state index contributed by atoms with van der Waals surface area (Å²) in [6, 6.07) is 0. The van der Waals surface area contributed by atoms with Crippen LogP contribution in [0.1, 0.15) is 107 Å². The molecular formula is C25H43F3O4. The maximum absolute atomic E-state index is 13.8. The van der Waals surface area contributed by atoms with Crippen LogP contribution in [0.15, 0.2) is 0 Å². The van der Waals surface area contributed by atoms with Crippen LogP contribution in [0.2, 0.25) is 0 Å². The highest BCUT2D eigenvalue weighted by atomic mass is 19.4. The zero-order valence-electron chi connectivity index (χ0n) is 21.2. The van der Waals surface area contributed by atoms with E-state index >= 15 is 0 Å². The van der Waals surface area contributed by atoms with Gasteiger partial charge in [-0.15, -0.1) is 0 Å². The van der Waals surface area contributed by atoms with Gasteiger partial charge in [0.2, 0.25) is 0 Å². The normalized spacial score (nSPS) is 20.2. The molecule has 0 amide bonds. The standard InChI is InChI=1S/C25H43F3O4/c1-9-21(4,5)16-23(8,22(6,7)10-2)20(30)32-24(14-12-11-13-15-24)18(3)19(29)31-17-25(26,27)28/h18H,9-17H2,1-8H3. The van der Waals surface area contributed by atoms with Crippen molar-refractivity contribution in [2.75, 3.05) is 6.61 Å². The Kier molecular flexibility index (Phi) is 9.29. The fourth-order valence-corrected chi connectivity index (χ4v) is 4.62. The smallest absolute Gasteiger partial charge is 0.422 e. The predicted molar refractivity (Wildman–Crippen MR) is 119 cm³/mol. The van der Waals surface area contributed by atoms with Crippen LogP contribution in [-0.4, -0.2) is 30.3 Å². The fourth-order valence-electron chi connectivity index (χ4n) is 4.62. The van der Waals surface area contributed by atoms with Crippen molar-refractivity contribution in [2.45, 2.75) is 119 Å². The number of halogens is 3. The van der Waals surface area contributed by atoms with E-state index in [-0.39, 0.29) is 16.8 Å². The first-order valence-electron chi connectivity index (χ1n) is 11.9. The molecule has 1 fully saturated rings. The summed E-state index contributed by atoms with van der Waals surface area (Å²) < 4.78 is 48.5. The summed E-state index contributed by atoms with van der Waals surface area (Å²) in [6.45, 7) is 14.3. The topological polar surface area (TPSA) is 52.6 Å². The van der Waals surface area contributed by atoms with Crippen LogP contribution in [0.25, 0.3) is 0 Å². The summed E-state index contributed by atoms with van der Waals surface area (Å²) in [5.74, 6) is -2.31. The fraction of sp³-hybridized carbons (Fsp3) is 0.920. The second kappa shape index (κ2) is 10.3. The first-order chi connectivity index (χ1) is 14.5. The molecule has 4 nitrogen and oxygen atoms in total. The average Bonchev–Trinajstić information content (AvgIpc) is 2.70. The maximum Gasteiger partial charge on any atom is 0.422 e. The van der Waals surface area contributed by atoms with Gasteiger partial charge in [0.25, 0.3) is 0 Å². The summed E-state index contributed by atoms with van der Waals surface area (Å²) in [5, 5.41) is 0. The summed E-state index contributed by atoms with van der Waals surface area (Å²) >= 11 is 0. The lowest BCUT2D eigenvalue weighted by Gasteiger charge is -2.49. The minimum Gasteiger partial charge on any atom is -0.458 e. The van der Waals surface area contributed by atoms with E-state index in [9.17, 15) is 22.8 Å². The molecule has 1 aliphatic carbocycles. The van der Waals surface area contributed by atoms with Gasteiger partial charge < -0.3 is 9.47 Å². The molecule has 0 radical (unpaired) electrons. The van der Waals surface area contributed by atoms with Crippen LogP contribution in [0.3, 0.4) is 0 Å². The van der Waals surface area contributed by atoms with Gasteiger partial charge in [0.1, 0.15) is 5.60 Å². The Balaban J connectivity index is 3.27. The lowest BCUT2D eigenvalue weighted by Crippen LogP contribution is -2.53. The number of esters is 2. The van der Waals surface area contributed by atoms with Crippen molar-refractivity contribution in [1.82, 2.24) is 0 Å². The van der Waals surface area contributed by atoms with E-state index in [0.717, 1.165) is 32.1 Å². The van der Waals surface area contributed by atoms with Gasteiger partial charge in [-0.1, -0.05) is 54.4 Å². The molecule has 0 heterocycles. The lowest BCUT2D eigenvalue weighted by molar-refractivity contribution is -0.206. The van der Waals surface area contributed by atoms with E-state index in [2.05, 4.69) is 39.4 Å². The van der Waals surface area contributed by atoms with Gasteiger partial charge in [-0.25, -0.2) is 0 Å². The molecule has 0 aromatic carbocycles. The summed E-state index contributed by atoms with van der Waals surface area (Å²) in [5.41, 5.74) is -2.43. The second-order valence-electron chi connectivity index (χ2n) is 11.2.